The van der Waals surface area contributed by atoms with Crippen LogP contribution in [0.15, 0.2) is 18.2 Å². The number of anilines is 2. The molecule has 0 aliphatic carbocycles. The van der Waals surface area contributed by atoms with Crippen molar-refractivity contribution in [1.29, 1.82) is 0 Å². The lowest BCUT2D eigenvalue weighted by atomic mass is 10.1. The van der Waals surface area contributed by atoms with Crippen LogP contribution in [0.25, 0.3) is 0 Å². The third kappa shape index (κ3) is 3.38. The van der Waals surface area contributed by atoms with E-state index in [1.807, 2.05) is 30.0 Å². The molecule has 1 unspecified atom stereocenters. The molecule has 140 valence electrons. The van der Waals surface area contributed by atoms with Gasteiger partial charge in [-0.3, -0.25) is 14.5 Å². The molecule has 26 heavy (non-hydrogen) atoms. The molecule has 0 bridgehead atoms. The van der Waals surface area contributed by atoms with Gasteiger partial charge in [-0.25, -0.2) is 4.79 Å². The van der Waals surface area contributed by atoms with Gasteiger partial charge in [0.15, 0.2) is 0 Å². The molecule has 0 saturated carbocycles. The zero-order valence-corrected chi connectivity index (χ0v) is 15.4. The first-order valence-electron chi connectivity index (χ1n) is 9.14. The first-order chi connectivity index (χ1) is 12.4. The van der Waals surface area contributed by atoms with Crippen molar-refractivity contribution in [2.75, 3.05) is 22.9 Å². The Kier molecular flexibility index (Phi) is 5.15. The molecule has 1 aromatic carbocycles. The maximum absolute atomic E-state index is 12.3. The fourth-order valence-corrected chi connectivity index (χ4v) is 3.36. The molecule has 0 aromatic heterocycles. The normalized spacial score (nSPS) is 20.2. The van der Waals surface area contributed by atoms with Crippen molar-refractivity contribution in [2.45, 2.75) is 52.2 Å². The van der Waals surface area contributed by atoms with Crippen molar-refractivity contribution >= 4 is 29.3 Å². The second-order valence-corrected chi connectivity index (χ2v) is 6.78. The Morgan fingerprint density at radius 3 is 2.81 bits per heavy atom. The van der Waals surface area contributed by atoms with E-state index in [1.54, 1.807) is 11.8 Å². The van der Waals surface area contributed by atoms with Crippen LogP contribution in [0.2, 0.25) is 0 Å². The van der Waals surface area contributed by atoms with Gasteiger partial charge >= 0.3 is 6.09 Å². The summed E-state index contributed by atoms with van der Waals surface area (Å²) in [5.41, 5.74) is 2.58. The third-order valence-corrected chi connectivity index (χ3v) is 5.00. The summed E-state index contributed by atoms with van der Waals surface area (Å²) >= 11 is 0. The molecule has 1 saturated heterocycles. The number of nitrogens with zero attached hydrogens (tertiary/aromatic N) is 2. The van der Waals surface area contributed by atoms with Crippen LogP contribution in [0.4, 0.5) is 16.2 Å². The van der Waals surface area contributed by atoms with E-state index < -0.39 is 6.09 Å². The zero-order valence-electron chi connectivity index (χ0n) is 15.4. The Hall–Kier alpha value is -2.57. The molecule has 3 rings (SSSR count). The number of fused-ring (bicyclic) bond motifs is 1. The highest BCUT2D eigenvalue weighted by molar-refractivity contribution is 6.03. The van der Waals surface area contributed by atoms with Gasteiger partial charge in [-0.15, -0.1) is 0 Å². The van der Waals surface area contributed by atoms with E-state index in [4.69, 9.17) is 4.74 Å². The number of hydrogen-bond donors (Lipinski definition) is 1. The fraction of sp³-hybridized carbons (Fsp3) is 0.526. The first-order valence-corrected chi connectivity index (χ1v) is 9.14. The molecule has 2 aliphatic rings. The summed E-state index contributed by atoms with van der Waals surface area (Å²) in [6.07, 6.45) is 0.840. The van der Waals surface area contributed by atoms with E-state index in [2.05, 4.69) is 12.2 Å². The zero-order chi connectivity index (χ0) is 18.8. The van der Waals surface area contributed by atoms with Crippen molar-refractivity contribution < 1.29 is 19.1 Å². The van der Waals surface area contributed by atoms with Crippen molar-refractivity contribution in [3.63, 3.8) is 0 Å². The molecule has 7 nitrogen and oxygen atoms in total. The average Bonchev–Trinajstić information content (AvgIpc) is 3.17. The molecule has 3 amide bonds. The number of carbonyl (C=O) groups excluding carboxylic acids is 3. The van der Waals surface area contributed by atoms with E-state index >= 15 is 0 Å². The summed E-state index contributed by atoms with van der Waals surface area (Å²) in [6, 6.07) is 5.80. The Morgan fingerprint density at radius 1 is 1.35 bits per heavy atom. The highest BCUT2D eigenvalue weighted by Crippen LogP contribution is 2.35. The van der Waals surface area contributed by atoms with Crippen LogP contribution in [0.3, 0.4) is 0 Å². The Bertz CT molecular complexity index is 733. The predicted octanol–water partition coefficient (Wildman–Crippen LogP) is 2.23. The van der Waals surface area contributed by atoms with Crippen LogP contribution in [0, 0.1) is 0 Å². The van der Waals surface area contributed by atoms with Crippen molar-refractivity contribution in [3.8, 4) is 0 Å². The average molecular weight is 359 g/mol. The molecule has 7 heteroatoms. The molecule has 1 N–H and O–H groups in total. The monoisotopic (exact) mass is 359 g/mol. The SMILES string of the molecule is CCC(=O)NC[C@H]1CN(c2ccc3c(c2)CC(=O)N3C(C)CC)C(=O)O1. The Balaban J connectivity index is 1.73. The van der Waals surface area contributed by atoms with Crippen LogP contribution in [0.1, 0.15) is 39.2 Å². The Labute approximate surface area is 153 Å². The van der Waals surface area contributed by atoms with E-state index in [-0.39, 0.29) is 24.0 Å². The van der Waals surface area contributed by atoms with Gasteiger partial charge in [0.1, 0.15) is 6.10 Å². The van der Waals surface area contributed by atoms with Gasteiger partial charge < -0.3 is 15.0 Å². The summed E-state index contributed by atoms with van der Waals surface area (Å²) in [7, 11) is 0. The minimum absolute atomic E-state index is 0.0688. The highest BCUT2D eigenvalue weighted by Gasteiger charge is 2.35. The fourth-order valence-electron chi connectivity index (χ4n) is 3.36. The number of nitrogens with one attached hydrogen (secondary N) is 1. The number of rotatable bonds is 6. The standard InChI is InChI=1S/C19H25N3O4/c1-4-12(3)22-16-7-6-14(8-13(16)9-18(22)24)21-11-15(26-19(21)25)10-20-17(23)5-2/h6-8,12,15H,4-5,9-11H2,1-3H3,(H,20,23)/t12?,15-/m0/s1. The van der Waals surface area contributed by atoms with E-state index in [1.165, 1.54) is 0 Å². The van der Waals surface area contributed by atoms with Crippen molar-refractivity contribution in [2.24, 2.45) is 0 Å². The lowest BCUT2D eigenvalue weighted by Gasteiger charge is -2.24. The lowest BCUT2D eigenvalue weighted by molar-refractivity contribution is -0.121. The van der Waals surface area contributed by atoms with Crippen LogP contribution in [-0.2, 0) is 20.7 Å². The van der Waals surface area contributed by atoms with Crippen LogP contribution in [0.5, 0.6) is 0 Å². The van der Waals surface area contributed by atoms with E-state index in [0.717, 1.165) is 23.4 Å². The molecule has 0 radical (unpaired) electrons. The van der Waals surface area contributed by atoms with Gasteiger partial charge in [0, 0.05) is 23.8 Å². The topological polar surface area (TPSA) is 79.0 Å². The van der Waals surface area contributed by atoms with Crippen molar-refractivity contribution in [1.82, 2.24) is 5.32 Å². The molecule has 2 atom stereocenters. The molecular weight excluding hydrogens is 334 g/mol. The molecule has 2 heterocycles. The second-order valence-electron chi connectivity index (χ2n) is 6.78. The number of carbonyl (C=O) groups is 3. The first kappa shape index (κ1) is 18.2. The quantitative estimate of drug-likeness (QED) is 0.845. The minimum atomic E-state index is -0.427. The largest absolute Gasteiger partial charge is 0.442 e. The molecule has 0 spiro atoms. The second kappa shape index (κ2) is 7.35. The third-order valence-electron chi connectivity index (χ3n) is 5.00. The van der Waals surface area contributed by atoms with E-state index in [0.29, 0.717) is 25.9 Å². The summed E-state index contributed by atoms with van der Waals surface area (Å²) in [5.74, 6) is 0.0244. The Morgan fingerprint density at radius 2 is 2.12 bits per heavy atom. The van der Waals surface area contributed by atoms with Crippen LogP contribution in [-0.4, -0.2) is 43.1 Å². The minimum Gasteiger partial charge on any atom is -0.442 e. The predicted molar refractivity (Wildman–Crippen MR) is 98.3 cm³/mol. The maximum Gasteiger partial charge on any atom is 0.414 e. The molecule has 2 aliphatic heterocycles. The molecular formula is C19H25N3O4. The van der Waals surface area contributed by atoms with Gasteiger partial charge in [-0.05, 0) is 37.1 Å². The number of amides is 3. The number of hydrogen-bond acceptors (Lipinski definition) is 4. The summed E-state index contributed by atoms with van der Waals surface area (Å²) in [4.78, 5) is 39.3. The number of cyclic esters (lactones) is 1. The summed E-state index contributed by atoms with van der Waals surface area (Å²) in [6.45, 7) is 6.55. The van der Waals surface area contributed by atoms with Crippen molar-refractivity contribution in [3.05, 3.63) is 23.8 Å². The molecule has 1 fully saturated rings. The smallest absolute Gasteiger partial charge is 0.414 e. The van der Waals surface area contributed by atoms with Gasteiger partial charge in [0.05, 0.1) is 19.5 Å². The van der Waals surface area contributed by atoms with Gasteiger partial charge in [0.25, 0.3) is 0 Å². The lowest BCUT2D eigenvalue weighted by Crippen LogP contribution is -2.35. The summed E-state index contributed by atoms with van der Waals surface area (Å²) in [5, 5.41) is 2.74. The summed E-state index contributed by atoms with van der Waals surface area (Å²) < 4.78 is 5.34. The highest BCUT2D eigenvalue weighted by atomic mass is 16.6. The number of ether oxygens (including phenoxy) is 1. The van der Waals surface area contributed by atoms with Gasteiger partial charge in [0.2, 0.25) is 11.8 Å². The van der Waals surface area contributed by atoms with E-state index in [9.17, 15) is 14.4 Å². The van der Waals surface area contributed by atoms with Crippen LogP contribution >= 0.6 is 0 Å². The number of benzene rings is 1. The van der Waals surface area contributed by atoms with Crippen LogP contribution < -0.4 is 15.1 Å². The molecule has 1 aromatic rings. The van der Waals surface area contributed by atoms with Gasteiger partial charge in [-0.1, -0.05) is 13.8 Å². The van der Waals surface area contributed by atoms with Gasteiger partial charge in [-0.2, -0.15) is 0 Å². The maximum atomic E-state index is 12.3.